The van der Waals surface area contributed by atoms with Crippen molar-refractivity contribution in [2.24, 2.45) is 7.05 Å². The smallest absolute Gasteiger partial charge is 0.205 e. The number of ether oxygens (including phenoxy) is 2. The van der Waals surface area contributed by atoms with E-state index >= 15 is 0 Å². The summed E-state index contributed by atoms with van der Waals surface area (Å²) in [6.07, 6.45) is 2.01. The molecule has 0 aliphatic rings. The third kappa shape index (κ3) is 3.94. The number of rotatable bonds is 6. The molecule has 0 N–H and O–H groups in total. The minimum atomic E-state index is -0.137. The Bertz CT molecular complexity index is 1610. The first-order chi connectivity index (χ1) is 17.0. The van der Waals surface area contributed by atoms with Crippen molar-refractivity contribution < 1.29 is 14.3 Å². The molecule has 5 rings (SSSR count). The van der Waals surface area contributed by atoms with Crippen molar-refractivity contribution in [3.8, 4) is 39.4 Å². The number of nitrogens with zero attached hydrogens (tertiary/aromatic N) is 3. The normalized spacial score (nSPS) is 10.8. The molecule has 5 aromatic rings. The first kappa shape index (κ1) is 22.4. The van der Waals surface area contributed by atoms with Crippen LogP contribution in [-0.4, -0.2) is 29.6 Å². The molecule has 2 heterocycles. The number of aromatic nitrogens is 2. The summed E-state index contributed by atoms with van der Waals surface area (Å²) >= 11 is 1.34. The SMILES string of the molecule is COc1ccc(-c2nc(-c3cn(C)c4ccccc34)c(C(=O)c3ccc(C#N)cc3)s2)cc1OC. The second-order valence-electron chi connectivity index (χ2n) is 7.96. The fraction of sp³-hybridized carbons (Fsp3) is 0.107. The first-order valence-corrected chi connectivity index (χ1v) is 11.7. The van der Waals surface area contributed by atoms with Crippen LogP contribution in [0.25, 0.3) is 32.7 Å². The third-order valence-electron chi connectivity index (χ3n) is 5.89. The number of benzene rings is 3. The average Bonchev–Trinajstić information content (AvgIpc) is 3.49. The number of methoxy groups -OCH3 is 2. The zero-order valence-corrected chi connectivity index (χ0v) is 20.2. The lowest BCUT2D eigenvalue weighted by molar-refractivity contribution is 0.104. The molecule has 172 valence electrons. The van der Waals surface area contributed by atoms with Gasteiger partial charge in [0.2, 0.25) is 5.78 Å². The molecule has 0 aliphatic carbocycles. The second-order valence-corrected chi connectivity index (χ2v) is 8.95. The third-order valence-corrected chi connectivity index (χ3v) is 7.00. The predicted octanol–water partition coefficient (Wildman–Crippen LogP) is 6.09. The number of para-hydroxylation sites is 1. The maximum atomic E-state index is 13.7. The second kappa shape index (κ2) is 9.09. The van der Waals surface area contributed by atoms with E-state index in [0.717, 1.165) is 22.0 Å². The van der Waals surface area contributed by atoms with E-state index in [0.29, 0.717) is 38.2 Å². The van der Waals surface area contributed by atoms with Crippen molar-refractivity contribution in [3.05, 3.63) is 88.9 Å². The molecule has 0 saturated heterocycles. The van der Waals surface area contributed by atoms with E-state index in [4.69, 9.17) is 19.7 Å². The van der Waals surface area contributed by atoms with Crippen LogP contribution in [0, 0.1) is 11.3 Å². The molecule has 3 aromatic carbocycles. The van der Waals surface area contributed by atoms with Gasteiger partial charge in [-0.3, -0.25) is 4.79 Å². The Labute approximate surface area is 206 Å². The minimum Gasteiger partial charge on any atom is -0.493 e. The molecular weight excluding hydrogens is 458 g/mol. The van der Waals surface area contributed by atoms with Crippen LogP contribution in [0.2, 0.25) is 0 Å². The summed E-state index contributed by atoms with van der Waals surface area (Å²) in [5, 5.41) is 10.8. The van der Waals surface area contributed by atoms with Gasteiger partial charge in [-0.25, -0.2) is 4.98 Å². The number of ketones is 1. The monoisotopic (exact) mass is 479 g/mol. The Morgan fingerprint density at radius 3 is 2.46 bits per heavy atom. The highest BCUT2D eigenvalue weighted by molar-refractivity contribution is 7.17. The Morgan fingerprint density at radius 2 is 1.74 bits per heavy atom. The van der Waals surface area contributed by atoms with Crippen molar-refractivity contribution in [3.63, 3.8) is 0 Å². The fourth-order valence-electron chi connectivity index (χ4n) is 4.11. The van der Waals surface area contributed by atoms with Gasteiger partial charge in [-0.2, -0.15) is 5.26 Å². The van der Waals surface area contributed by atoms with Gasteiger partial charge in [0.15, 0.2) is 11.5 Å². The predicted molar refractivity (Wildman–Crippen MR) is 137 cm³/mol. The highest BCUT2D eigenvalue weighted by atomic mass is 32.1. The van der Waals surface area contributed by atoms with E-state index in [1.165, 1.54) is 11.3 Å². The summed E-state index contributed by atoms with van der Waals surface area (Å²) in [5.41, 5.74) is 4.42. The number of carbonyl (C=O) groups is 1. The van der Waals surface area contributed by atoms with Gasteiger partial charge >= 0.3 is 0 Å². The molecule has 0 aliphatic heterocycles. The summed E-state index contributed by atoms with van der Waals surface area (Å²) in [7, 11) is 5.16. The average molecular weight is 480 g/mol. The standard InChI is InChI=1S/C28H21N3O3S/c1-31-16-21(20-6-4-5-7-22(20)31)25-27(26(32)18-10-8-17(15-29)9-11-18)35-28(30-25)19-12-13-23(33-2)24(14-19)34-3/h4-14,16H,1-3H3. The summed E-state index contributed by atoms with van der Waals surface area (Å²) < 4.78 is 12.9. The summed E-state index contributed by atoms with van der Waals surface area (Å²) in [6, 6.07) is 22.4. The van der Waals surface area contributed by atoms with Crippen molar-refractivity contribution in [2.75, 3.05) is 14.2 Å². The quantitative estimate of drug-likeness (QED) is 0.276. The molecule has 0 bridgehead atoms. The van der Waals surface area contributed by atoms with Gasteiger partial charge in [0.25, 0.3) is 0 Å². The van der Waals surface area contributed by atoms with Crippen LogP contribution in [0.5, 0.6) is 11.5 Å². The lowest BCUT2D eigenvalue weighted by Gasteiger charge is -2.08. The number of fused-ring (bicyclic) bond motifs is 1. The summed E-state index contributed by atoms with van der Waals surface area (Å²) in [4.78, 5) is 19.2. The zero-order chi connectivity index (χ0) is 24.5. The van der Waals surface area contributed by atoms with Gasteiger partial charge in [0.05, 0.1) is 31.5 Å². The molecule has 7 heteroatoms. The zero-order valence-electron chi connectivity index (χ0n) is 19.4. The number of hydrogen-bond acceptors (Lipinski definition) is 6. The van der Waals surface area contributed by atoms with Crippen LogP contribution in [-0.2, 0) is 7.05 Å². The number of thiazole rings is 1. The van der Waals surface area contributed by atoms with Crippen molar-refractivity contribution in [2.45, 2.75) is 0 Å². The van der Waals surface area contributed by atoms with Crippen LogP contribution in [0.4, 0.5) is 0 Å². The lowest BCUT2D eigenvalue weighted by atomic mass is 10.0. The molecule has 6 nitrogen and oxygen atoms in total. The van der Waals surface area contributed by atoms with Gasteiger partial charge in [0, 0.05) is 40.8 Å². The first-order valence-electron chi connectivity index (χ1n) is 10.9. The van der Waals surface area contributed by atoms with E-state index < -0.39 is 0 Å². The van der Waals surface area contributed by atoms with E-state index in [9.17, 15) is 4.79 Å². The van der Waals surface area contributed by atoms with E-state index in [-0.39, 0.29) is 5.78 Å². The van der Waals surface area contributed by atoms with E-state index in [1.54, 1.807) is 38.5 Å². The molecule has 2 aromatic heterocycles. The van der Waals surface area contributed by atoms with Gasteiger partial charge in [-0.05, 0) is 48.5 Å². The van der Waals surface area contributed by atoms with Crippen LogP contribution in [0.3, 0.4) is 0 Å². The van der Waals surface area contributed by atoms with Crippen LogP contribution in [0.15, 0.2) is 72.9 Å². The van der Waals surface area contributed by atoms with Crippen molar-refractivity contribution in [1.82, 2.24) is 9.55 Å². The molecule has 0 amide bonds. The fourth-order valence-corrected chi connectivity index (χ4v) is 5.14. The lowest BCUT2D eigenvalue weighted by Crippen LogP contribution is -2.00. The van der Waals surface area contributed by atoms with Gasteiger partial charge in [-0.1, -0.05) is 18.2 Å². The Kier molecular flexibility index (Phi) is 5.81. The van der Waals surface area contributed by atoms with Crippen LogP contribution >= 0.6 is 11.3 Å². The van der Waals surface area contributed by atoms with Crippen molar-refractivity contribution in [1.29, 1.82) is 5.26 Å². The Balaban J connectivity index is 1.71. The number of hydrogen-bond donors (Lipinski definition) is 0. The molecule has 0 unspecified atom stereocenters. The number of carbonyl (C=O) groups excluding carboxylic acids is 1. The topological polar surface area (TPSA) is 77.1 Å². The molecule has 0 atom stereocenters. The highest BCUT2D eigenvalue weighted by Gasteiger charge is 2.24. The maximum absolute atomic E-state index is 13.7. The summed E-state index contributed by atoms with van der Waals surface area (Å²) in [6.45, 7) is 0. The minimum absolute atomic E-state index is 0.137. The Hall–Kier alpha value is -4.41. The maximum Gasteiger partial charge on any atom is 0.205 e. The molecule has 35 heavy (non-hydrogen) atoms. The van der Waals surface area contributed by atoms with Gasteiger partial charge in [-0.15, -0.1) is 11.3 Å². The summed E-state index contributed by atoms with van der Waals surface area (Å²) in [5.74, 6) is 1.07. The largest absolute Gasteiger partial charge is 0.493 e. The number of aryl methyl sites for hydroxylation is 1. The van der Waals surface area contributed by atoms with E-state index in [1.807, 2.05) is 60.3 Å². The van der Waals surface area contributed by atoms with Crippen LogP contribution < -0.4 is 9.47 Å². The van der Waals surface area contributed by atoms with Gasteiger partial charge in [0.1, 0.15) is 9.88 Å². The van der Waals surface area contributed by atoms with E-state index in [2.05, 4.69) is 6.07 Å². The van der Waals surface area contributed by atoms with Crippen LogP contribution in [0.1, 0.15) is 20.8 Å². The highest BCUT2D eigenvalue weighted by Crippen LogP contribution is 2.40. The molecule has 0 spiro atoms. The van der Waals surface area contributed by atoms with Gasteiger partial charge < -0.3 is 14.0 Å². The molecule has 0 saturated carbocycles. The molecular formula is C28H21N3O3S. The molecule has 0 fully saturated rings. The Morgan fingerprint density at radius 1 is 1.00 bits per heavy atom. The molecule has 0 radical (unpaired) electrons. The number of nitriles is 1. The van der Waals surface area contributed by atoms with Crippen molar-refractivity contribution >= 4 is 28.0 Å².